The molecule has 0 fully saturated rings. The van der Waals surface area contributed by atoms with Crippen LogP contribution < -0.4 is 10.6 Å². The van der Waals surface area contributed by atoms with Gasteiger partial charge in [0.2, 0.25) is 0 Å². The Hall–Kier alpha value is -6.01. The third-order valence-electron chi connectivity index (χ3n) is 8.27. The fraction of sp³-hybridized carbons (Fsp3) is 0.114. The van der Waals surface area contributed by atoms with Gasteiger partial charge in [-0.05, 0) is 96.1 Å². The van der Waals surface area contributed by atoms with Gasteiger partial charge in [0.25, 0.3) is 32.1 Å². The maximum Gasteiger partial charge on any atom is 0.323 e. The molecule has 2 unspecified atom stereocenters. The lowest BCUT2D eigenvalue weighted by Crippen LogP contribution is -2.24. The zero-order valence-electron chi connectivity index (χ0n) is 26.6. The fourth-order valence-corrected chi connectivity index (χ4v) is 7.51. The molecule has 2 aromatic carbocycles. The fourth-order valence-electron chi connectivity index (χ4n) is 5.82. The van der Waals surface area contributed by atoms with Gasteiger partial charge >= 0.3 is 6.03 Å². The third-order valence-corrected chi connectivity index (χ3v) is 10.3. The quantitative estimate of drug-likeness (QED) is 0.306. The van der Waals surface area contributed by atoms with Gasteiger partial charge < -0.3 is 10.6 Å². The van der Waals surface area contributed by atoms with Crippen LogP contribution in [0.4, 0.5) is 16.2 Å². The van der Waals surface area contributed by atoms with Crippen molar-refractivity contribution in [3.8, 4) is 0 Å². The molecule has 4 amide bonds. The molecule has 0 heterocycles. The zero-order valence-corrected chi connectivity index (χ0v) is 28.2. The van der Waals surface area contributed by atoms with E-state index in [1.807, 2.05) is 0 Å². The summed E-state index contributed by atoms with van der Waals surface area (Å²) in [4.78, 5) is 69.0. The number of benzene rings is 2. The summed E-state index contributed by atoms with van der Waals surface area (Å²) in [5.74, 6) is -3.83. The molecule has 4 aliphatic carbocycles. The summed E-state index contributed by atoms with van der Waals surface area (Å²) in [6.07, 6.45) is 10.1. The molecule has 15 nitrogen and oxygen atoms in total. The Balaban J connectivity index is 1.09. The van der Waals surface area contributed by atoms with E-state index in [2.05, 4.69) is 20.6 Å². The molecule has 0 saturated heterocycles. The first kappa shape index (κ1) is 35.8. The SMILES string of the molecule is O=C1C=CC2=CC(=NC(=O)c3ccc(NC(=O)Nc4ccc(C(=O)N=C5C=C6C=CC(=O)CC6C(S(=O)(=O)O)=C5)cc4)cc3)C=C(S(=O)(=O)O)C2C1. The summed E-state index contributed by atoms with van der Waals surface area (Å²) in [7, 11) is -9.35. The van der Waals surface area contributed by atoms with Gasteiger partial charge in [-0.1, -0.05) is 12.2 Å². The Morgan fingerprint density at radius 1 is 0.577 bits per heavy atom. The van der Waals surface area contributed by atoms with Crippen molar-refractivity contribution in [1.29, 1.82) is 0 Å². The van der Waals surface area contributed by atoms with Crippen LogP contribution in [0.1, 0.15) is 33.6 Å². The van der Waals surface area contributed by atoms with Gasteiger partial charge in [-0.3, -0.25) is 28.3 Å². The summed E-state index contributed by atoms with van der Waals surface area (Å²) >= 11 is 0. The second-order valence-electron chi connectivity index (χ2n) is 11.9. The highest BCUT2D eigenvalue weighted by molar-refractivity contribution is 7.90. The minimum absolute atomic E-state index is 0.0344. The van der Waals surface area contributed by atoms with Crippen LogP contribution in [-0.2, 0) is 29.8 Å². The molecule has 0 spiro atoms. The first-order valence-corrected chi connectivity index (χ1v) is 18.2. The first-order valence-electron chi connectivity index (χ1n) is 15.3. The summed E-state index contributed by atoms with van der Waals surface area (Å²) in [5, 5.41) is 5.17. The average Bonchev–Trinajstić information content (AvgIpc) is 3.07. The van der Waals surface area contributed by atoms with E-state index in [1.54, 1.807) is 0 Å². The van der Waals surface area contributed by atoms with E-state index in [1.165, 1.54) is 85.0 Å². The highest BCUT2D eigenvalue weighted by atomic mass is 32.2. The molecule has 4 aliphatic rings. The van der Waals surface area contributed by atoms with Crippen molar-refractivity contribution in [3.63, 3.8) is 0 Å². The molecule has 0 bridgehead atoms. The molecule has 0 radical (unpaired) electrons. The second-order valence-corrected chi connectivity index (χ2v) is 14.7. The number of ketones is 2. The number of aliphatic imine (C=N–C) groups is 2. The summed E-state index contributed by atoms with van der Waals surface area (Å²) in [6.45, 7) is 0. The van der Waals surface area contributed by atoms with Crippen molar-refractivity contribution >= 4 is 72.4 Å². The van der Waals surface area contributed by atoms with Crippen molar-refractivity contribution in [1.82, 2.24) is 0 Å². The monoisotopic (exact) mass is 742 g/mol. The Bertz CT molecular complexity index is 2260. The Morgan fingerprint density at radius 2 is 0.942 bits per heavy atom. The predicted octanol–water partition coefficient (Wildman–Crippen LogP) is 4.21. The van der Waals surface area contributed by atoms with Gasteiger partial charge in [0.1, 0.15) is 0 Å². The highest BCUT2D eigenvalue weighted by Crippen LogP contribution is 2.36. The average molecular weight is 743 g/mol. The van der Waals surface area contributed by atoms with E-state index in [0.717, 1.165) is 12.2 Å². The van der Waals surface area contributed by atoms with E-state index >= 15 is 0 Å². The number of nitrogens with zero attached hydrogens (tertiary/aromatic N) is 2. The maximum atomic E-state index is 12.8. The van der Waals surface area contributed by atoms with Crippen molar-refractivity contribution < 1.29 is 49.9 Å². The standard InChI is InChI=1S/C35H26N4O11S2/c40-27-11-5-21-13-25(15-31(29(21)17-27)51(45,46)47)36-33(42)19-1-7-23(8-2-19)38-35(44)39-24-9-3-20(4-10-24)34(43)37-26-14-22-6-12-28(41)18-30(22)32(16-26)52(48,49)50/h1-16,29-30H,17-18H2,(H2,38,39,44)(H,45,46,47)(H,48,49,50). The van der Waals surface area contributed by atoms with E-state index in [0.29, 0.717) is 22.5 Å². The number of urea groups is 1. The predicted molar refractivity (Wildman–Crippen MR) is 189 cm³/mol. The number of allylic oxidation sites excluding steroid dienone is 12. The molecule has 6 rings (SSSR count). The Labute approximate surface area is 296 Å². The van der Waals surface area contributed by atoms with Crippen LogP contribution in [-0.4, -0.2) is 66.8 Å². The van der Waals surface area contributed by atoms with Crippen LogP contribution >= 0.6 is 0 Å². The molecule has 2 atom stereocenters. The van der Waals surface area contributed by atoms with Gasteiger partial charge in [-0.25, -0.2) is 14.8 Å². The number of hydrogen-bond acceptors (Lipinski definition) is 9. The van der Waals surface area contributed by atoms with Gasteiger partial charge in [0.15, 0.2) is 11.6 Å². The molecular formula is C35H26N4O11S2. The molecule has 17 heteroatoms. The summed E-state index contributed by atoms with van der Waals surface area (Å²) < 4.78 is 67.3. The zero-order chi connectivity index (χ0) is 37.4. The highest BCUT2D eigenvalue weighted by Gasteiger charge is 2.35. The number of rotatable bonds is 6. The van der Waals surface area contributed by atoms with Crippen LogP contribution in [0, 0.1) is 11.8 Å². The summed E-state index contributed by atoms with van der Waals surface area (Å²) in [5.41, 5.74) is 1.57. The van der Waals surface area contributed by atoms with E-state index < -0.39 is 59.7 Å². The maximum absolute atomic E-state index is 12.8. The molecule has 0 aliphatic heterocycles. The van der Waals surface area contributed by atoms with Crippen LogP contribution in [0.25, 0.3) is 0 Å². The third kappa shape index (κ3) is 8.13. The van der Waals surface area contributed by atoms with Crippen LogP contribution in [0.15, 0.2) is 128 Å². The lowest BCUT2D eigenvalue weighted by Gasteiger charge is -2.25. The summed E-state index contributed by atoms with van der Waals surface area (Å²) in [6, 6.07) is 10.6. The van der Waals surface area contributed by atoms with Gasteiger partial charge in [-0.15, -0.1) is 0 Å². The van der Waals surface area contributed by atoms with Gasteiger partial charge in [-0.2, -0.15) is 16.8 Å². The Kier molecular flexibility index (Phi) is 9.61. The van der Waals surface area contributed by atoms with Gasteiger partial charge in [0.05, 0.1) is 21.2 Å². The number of amides is 4. The molecule has 4 N–H and O–H groups in total. The number of fused-ring (bicyclic) bond motifs is 2. The van der Waals surface area contributed by atoms with Crippen molar-refractivity contribution in [2.75, 3.05) is 10.6 Å². The van der Waals surface area contributed by atoms with E-state index in [9.17, 15) is 49.9 Å². The van der Waals surface area contributed by atoms with Crippen LogP contribution in [0.2, 0.25) is 0 Å². The number of anilines is 2. The van der Waals surface area contributed by atoms with Crippen molar-refractivity contribution in [2.45, 2.75) is 12.8 Å². The smallest absolute Gasteiger partial charge is 0.308 e. The molecule has 264 valence electrons. The number of hydrogen-bond donors (Lipinski definition) is 4. The number of carbonyl (C=O) groups excluding carboxylic acids is 5. The normalized spacial score (nSPS) is 21.3. The molecular weight excluding hydrogens is 717 g/mol. The van der Waals surface area contributed by atoms with Crippen LogP contribution in [0.3, 0.4) is 0 Å². The van der Waals surface area contributed by atoms with Crippen LogP contribution in [0.5, 0.6) is 0 Å². The molecule has 0 saturated carbocycles. The minimum atomic E-state index is -4.68. The second kappa shape index (κ2) is 14.0. The van der Waals surface area contributed by atoms with E-state index in [4.69, 9.17) is 0 Å². The number of carbonyl (C=O) groups is 5. The van der Waals surface area contributed by atoms with Crippen molar-refractivity contribution in [3.05, 3.63) is 129 Å². The van der Waals surface area contributed by atoms with Gasteiger partial charge in [0, 0.05) is 47.2 Å². The Morgan fingerprint density at radius 3 is 1.29 bits per heavy atom. The first-order chi connectivity index (χ1) is 24.5. The minimum Gasteiger partial charge on any atom is -0.308 e. The molecule has 2 aromatic rings. The lowest BCUT2D eigenvalue weighted by molar-refractivity contribution is -0.116. The largest absolute Gasteiger partial charge is 0.323 e. The number of nitrogens with one attached hydrogen (secondary N) is 2. The van der Waals surface area contributed by atoms with Crippen molar-refractivity contribution in [2.24, 2.45) is 21.8 Å². The molecule has 0 aromatic heterocycles. The van der Waals surface area contributed by atoms with E-state index in [-0.39, 0.29) is 47.0 Å². The lowest BCUT2D eigenvalue weighted by atomic mass is 9.84. The topological polar surface area (TPSA) is 243 Å². The molecule has 52 heavy (non-hydrogen) atoms.